The minimum absolute atomic E-state index is 0.0359. The van der Waals surface area contributed by atoms with Crippen LogP contribution in [0, 0.1) is 5.82 Å². The largest absolute Gasteiger partial charge is 0.424 e. The van der Waals surface area contributed by atoms with Crippen molar-refractivity contribution in [1.82, 2.24) is 0 Å². The van der Waals surface area contributed by atoms with E-state index in [1.807, 2.05) is 0 Å². The number of carbonyl (C=O) groups excluding carboxylic acids is 2. The predicted octanol–water partition coefficient (Wildman–Crippen LogP) is 4.55. The molecule has 0 bridgehead atoms. The van der Waals surface area contributed by atoms with Crippen molar-refractivity contribution in [2.75, 3.05) is 10.6 Å². The lowest BCUT2D eigenvalue weighted by molar-refractivity contribution is -0.133. The first-order valence-corrected chi connectivity index (χ1v) is 7.61. The minimum Gasteiger partial charge on any atom is -0.424 e. The lowest BCUT2D eigenvalue weighted by Crippen LogP contribution is -2.21. The zero-order valence-corrected chi connectivity index (χ0v) is 13.8. The molecule has 7 heteroatoms. The van der Waals surface area contributed by atoms with Crippen LogP contribution in [0.25, 0.3) is 0 Å². The van der Waals surface area contributed by atoms with Gasteiger partial charge in [0.05, 0.1) is 11.4 Å². The maximum atomic E-state index is 13.7. The molecule has 0 aromatic heterocycles. The van der Waals surface area contributed by atoms with Gasteiger partial charge >= 0.3 is 12.0 Å². The van der Waals surface area contributed by atoms with E-state index in [2.05, 4.69) is 26.6 Å². The van der Waals surface area contributed by atoms with Crippen molar-refractivity contribution in [3.8, 4) is 5.75 Å². The summed E-state index contributed by atoms with van der Waals surface area (Å²) in [5.74, 6) is -0.760. The second-order valence-electron chi connectivity index (χ2n) is 4.53. The normalized spacial score (nSPS) is 10.0. The quantitative estimate of drug-likeness (QED) is 0.603. The van der Waals surface area contributed by atoms with Crippen molar-refractivity contribution < 1.29 is 18.7 Å². The molecule has 5 nitrogen and oxygen atoms in total. The molecule has 0 fully saturated rings. The smallest absolute Gasteiger partial charge is 0.323 e. The fraction of sp³-hybridized carbons (Fsp3) is 0.125. The van der Waals surface area contributed by atoms with Crippen molar-refractivity contribution >= 4 is 39.3 Å². The van der Waals surface area contributed by atoms with Gasteiger partial charge in [0.25, 0.3) is 0 Å². The van der Waals surface area contributed by atoms with Crippen molar-refractivity contribution in [1.29, 1.82) is 0 Å². The molecule has 120 valence electrons. The molecule has 0 radical (unpaired) electrons. The van der Waals surface area contributed by atoms with Crippen LogP contribution in [0.5, 0.6) is 5.75 Å². The zero-order chi connectivity index (χ0) is 16.8. The van der Waals surface area contributed by atoms with Gasteiger partial charge in [0.1, 0.15) is 5.82 Å². The SMILES string of the molecule is CCC(=O)Oc1ccccc1NC(=O)Nc1ccc(Br)cc1F. The van der Waals surface area contributed by atoms with Gasteiger partial charge in [0.15, 0.2) is 5.75 Å². The number of carbonyl (C=O) groups is 2. The van der Waals surface area contributed by atoms with E-state index in [-0.39, 0.29) is 17.9 Å². The number of hydrogen-bond acceptors (Lipinski definition) is 3. The average molecular weight is 381 g/mol. The van der Waals surface area contributed by atoms with E-state index in [0.29, 0.717) is 10.2 Å². The number of rotatable bonds is 4. The second kappa shape index (κ2) is 7.73. The van der Waals surface area contributed by atoms with E-state index < -0.39 is 17.8 Å². The number of ether oxygens (including phenoxy) is 1. The summed E-state index contributed by atoms with van der Waals surface area (Å²) in [4.78, 5) is 23.4. The first kappa shape index (κ1) is 17.0. The van der Waals surface area contributed by atoms with Crippen LogP contribution >= 0.6 is 15.9 Å². The highest BCUT2D eigenvalue weighted by atomic mass is 79.9. The molecular weight excluding hydrogens is 367 g/mol. The van der Waals surface area contributed by atoms with Crippen molar-refractivity contribution in [3.05, 3.63) is 52.8 Å². The van der Waals surface area contributed by atoms with Crippen LogP contribution in [-0.4, -0.2) is 12.0 Å². The molecule has 2 rings (SSSR count). The molecule has 0 spiro atoms. The van der Waals surface area contributed by atoms with Gasteiger partial charge in [-0.05, 0) is 30.3 Å². The van der Waals surface area contributed by atoms with Crippen molar-refractivity contribution in [2.45, 2.75) is 13.3 Å². The van der Waals surface area contributed by atoms with Crippen LogP contribution < -0.4 is 15.4 Å². The molecule has 0 saturated carbocycles. The van der Waals surface area contributed by atoms with E-state index in [0.717, 1.165) is 0 Å². The summed E-state index contributed by atoms with van der Waals surface area (Å²) in [6, 6.07) is 10.1. The van der Waals surface area contributed by atoms with Crippen LogP contribution in [0.4, 0.5) is 20.6 Å². The zero-order valence-electron chi connectivity index (χ0n) is 12.2. The molecule has 0 aliphatic carbocycles. The fourth-order valence-corrected chi connectivity index (χ4v) is 2.05. The van der Waals surface area contributed by atoms with Gasteiger partial charge in [-0.3, -0.25) is 4.79 Å². The van der Waals surface area contributed by atoms with Crippen LogP contribution in [0.1, 0.15) is 13.3 Å². The Morgan fingerprint density at radius 3 is 2.52 bits per heavy atom. The summed E-state index contributed by atoms with van der Waals surface area (Å²) in [5.41, 5.74) is 0.345. The molecule has 0 heterocycles. The number of para-hydroxylation sites is 2. The van der Waals surface area contributed by atoms with E-state index in [4.69, 9.17) is 4.74 Å². The van der Waals surface area contributed by atoms with Crippen LogP contribution in [-0.2, 0) is 4.79 Å². The summed E-state index contributed by atoms with van der Waals surface area (Å²) in [6.45, 7) is 1.67. The molecule has 0 saturated heterocycles. The van der Waals surface area contributed by atoms with E-state index in [9.17, 15) is 14.0 Å². The highest BCUT2D eigenvalue weighted by Crippen LogP contribution is 2.25. The van der Waals surface area contributed by atoms with Gasteiger partial charge in [0, 0.05) is 10.9 Å². The highest BCUT2D eigenvalue weighted by molar-refractivity contribution is 9.10. The predicted molar refractivity (Wildman–Crippen MR) is 89.1 cm³/mol. The number of benzene rings is 2. The Kier molecular flexibility index (Phi) is 5.70. The maximum absolute atomic E-state index is 13.7. The molecular formula is C16H14BrFN2O3. The first-order chi connectivity index (χ1) is 11.0. The van der Waals surface area contributed by atoms with Crippen LogP contribution in [0.2, 0.25) is 0 Å². The van der Waals surface area contributed by atoms with E-state index >= 15 is 0 Å². The minimum atomic E-state index is -0.647. The monoisotopic (exact) mass is 380 g/mol. The summed E-state index contributed by atoms with van der Waals surface area (Å²) in [5, 5.41) is 4.92. The molecule has 2 N–H and O–H groups in total. The van der Waals surface area contributed by atoms with Crippen molar-refractivity contribution in [3.63, 3.8) is 0 Å². The summed E-state index contributed by atoms with van der Waals surface area (Å²) in [7, 11) is 0. The van der Waals surface area contributed by atoms with Gasteiger partial charge in [-0.1, -0.05) is 35.0 Å². The Morgan fingerprint density at radius 1 is 1.13 bits per heavy atom. The molecule has 0 atom stereocenters. The third-order valence-electron chi connectivity index (χ3n) is 2.83. The summed E-state index contributed by atoms with van der Waals surface area (Å²) >= 11 is 3.14. The summed E-state index contributed by atoms with van der Waals surface area (Å²) < 4.78 is 19.4. The van der Waals surface area contributed by atoms with Gasteiger partial charge < -0.3 is 15.4 Å². The van der Waals surface area contributed by atoms with Crippen LogP contribution in [0.3, 0.4) is 0 Å². The van der Waals surface area contributed by atoms with Crippen LogP contribution in [0.15, 0.2) is 46.9 Å². The highest BCUT2D eigenvalue weighted by Gasteiger charge is 2.12. The third-order valence-corrected chi connectivity index (χ3v) is 3.32. The molecule has 0 aliphatic rings. The Labute approximate surface area is 141 Å². The Bertz CT molecular complexity index is 737. The molecule has 0 unspecified atom stereocenters. The Morgan fingerprint density at radius 2 is 1.83 bits per heavy atom. The van der Waals surface area contributed by atoms with Gasteiger partial charge in [-0.15, -0.1) is 0 Å². The van der Waals surface area contributed by atoms with Crippen molar-refractivity contribution in [2.24, 2.45) is 0 Å². The molecule has 0 aliphatic heterocycles. The number of urea groups is 1. The van der Waals surface area contributed by atoms with Gasteiger partial charge in [-0.2, -0.15) is 0 Å². The molecule has 23 heavy (non-hydrogen) atoms. The maximum Gasteiger partial charge on any atom is 0.323 e. The first-order valence-electron chi connectivity index (χ1n) is 6.82. The molecule has 2 aromatic rings. The number of hydrogen-bond donors (Lipinski definition) is 2. The number of nitrogens with one attached hydrogen (secondary N) is 2. The Balaban J connectivity index is 2.09. The van der Waals surface area contributed by atoms with Gasteiger partial charge in [0.2, 0.25) is 0 Å². The second-order valence-corrected chi connectivity index (χ2v) is 5.44. The molecule has 2 amide bonds. The third kappa shape index (κ3) is 4.79. The summed E-state index contributed by atoms with van der Waals surface area (Å²) in [6.07, 6.45) is 0.213. The fourth-order valence-electron chi connectivity index (χ4n) is 1.72. The topological polar surface area (TPSA) is 67.4 Å². The number of halogens is 2. The lowest BCUT2D eigenvalue weighted by Gasteiger charge is -2.12. The molecule has 2 aromatic carbocycles. The van der Waals surface area contributed by atoms with E-state index in [1.54, 1.807) is 37.3 Å². The number of amides is 2. The van der Waals surface area contributed by atoms with Gasteiger partial charge in [-0.25, -0.2) is 9.18 Å². The van der Waals surface area contributed by atoms with E-state index in [1.165, 1.54) is 12.1 Å². The average Bonchev–Trinajstić information content (AvgIpc) is 2.52. The number of esters is 1. The standard InChI is InChI=1S/C16H14BrFN2O3/c1-2-15(21)23-14-6-4-3-5-13(14)20-16(22)19-12-8-7-10(17)9-11(12)18/h3-9H,2H2,1H3,(H2,19,20,22). The Hall–Kier alpha value is -2.41. The lowest BCUT2D eigenvalue weighted by atomic mass is 10.3. The number of anilines is 2.